The number of nitro benzene ring substituents is 1. The van der Waals surface area contributed by atoms with Gasteiger partial charge in [0.15, 0.2) is 5.16 Å². The second kappa shape index (κ2) is 5.25. The lowest BCUT2D eigenvalue weighted by Gasteiger charge is -2.01. The van der Waals surface area contributed by atoms with Crippen LogP contribution in [0, 0.1) is 21.4 Å². The molecule has 1 aromatic carbocycles. The number of non-ortho nitro benzene ring substituents is 1. The average Bonchev–Trinajstić information content (AvgIpc) is 2.40. The van der Waals surface area contributed by atoms with E-state index in [2.05, 4.69) is 9.97 Å². The van der Waals surface area contributed by atoms with E-state index in [0.717, 1.165) is 0 Å². The molecule has 2 rings (SSSR count). The molecule has 0 N–H and O–H groups in total. The van der Waals surface area contributed by atoms with E-state index in [1.54, 1.807) is 18.5 Å². The van der Waals surface area contributed by atoms with Crippen LogP contribution >= 0.6 is 11.8 Å². The van der Waals surface area contributed by atoms with Gasteiger partial charge in [0.25, 0.3) is 5.69 Å². The Labute approximate surface area is 106 Å². The third kappa shape index (κ3) is 2.61. The molecule has 0 bridgehead atoms. The molecule has 0 aliphatic rings. The predicted octanol–water partition coefficient (Wildman–Crippen LogP) is 2.41. The smallest absolute Gasteiger partial charge is 0.258 e. The highest BCUT2D eigenvalue weighted by atomic mass is 32.2. The Kier molecular flexibility index (Phi) is 3.50. The monoisotopic (exact) mass is 258 g/mol. The highest BCUT2D eigenvalue weighted by Gasteiger charge is 2.12. The number of hydrogen-bond donors (Lipinski definition) is 0. The van der Waals surface area contributed by atoms with E-state index in [0.29, 0.717) is 10.1 Å². The van der Waals surface area contributed by atoms with E-state index in [1.165, 1.54) is 30.0 Å². The molecule has 0 unspecified atom stereocenters. The fraction of sp³-hybridized carbons (Fsp3) is 0. The lowest BCUT2D eigenvalue weighted by molar-refractivity contribution is -0.384. The summed E-state index contributed by atoms with van der Waals surface area (Å²) in [4.78, 5) is 18.7. The number of hydrogen-bond acceptors (Lipinski definition) is 6. The Morgan fingerprint density at radius 3 is 2.67 bits per heavy atom. The maximum atomic E-state index is 10.6. The molecule has 2 aromatic rings. The van der Waals surface area contributed by atoms with Crippen LogP contribution in [0.4, 0.5) is 5.69 Å². The summed E-state index contributed by atoms with van der Waals surface area (Å²) in [5, 5.41) is 20.1. The number of nitro groups is 1. The largest absolute Gasteiger partial charge is 0.270 e. The molecule has 0 aliphatic carbocycles. The Bertz CT molecular complexity index is 625. The molecule has 6 nitrogen and oxygen atoms in total. The topological polar surface area (TPSA) is 92.7 Å². The van der Waals surface area contributed by atoms with Crippen LogP contribution in [0.2, 0.25) is 0 Å². The number of rotatable bonds is 3. The zero-order valence-electron chi connectivity index (χ0n) is 8.98. The summed E-state index contributed by atoms with van der Waals surface area (Å²) in [7, 11) is 0. The molecular weight excluding hydrogens is 252 g/mol. The number of nitriles is 1. The molecule has 0 spiro atoms. The van der Waals surface area contributed by atoms with Gasteiger partial charge in [-0.05, 0) is 23.9 Å². The van der Waals surface area contributed by atoms with Crippen LogP contribution in [0.3, 0.4) is 0 Å². The van der Waals surface area contributed by atoms with Crippen LogP contribution in [-0.4, -0.2) is 14.9 Å². The molecule has 0 atom stereocenters. The van der Waals surface area contributed by atoms with E-state index in [-0.39, 0.29) is 11.3 Å². The number of nitrogens with zero attached hydrogens (tertiary/aromatic N) is 4. The van der Waals surface area contributed by atoms with Gasteiger partial charge in [-0.2, -0.15) is 5.26 Å². The zero-order chi connectivity index (χ0) is 13.0. The summed E-state index contributed by atoms with van der Waals surface area (Å²) in [6.45, 7) is 0. The van der Waals surface area contributed by atoms with Crippen molar-refractivity contribution in [3.63, 3.8) is 0 Å². The van der Waals surface area contributed by atoms with Crippen LogP contribution in [-0.2, 0) is 0 Å². The lowest BCUT2D eigenvalue weighted by atomic mass is 10.2. The number of benzene rings is 1. The highest BCUT2D eigenvalue weighted by Crippen LogP contribution is 2.29. The van der Waals surface area contributed by atoms with Gasteiger partial charge < -0.3 is 0 Å². The Morgan fingerprint density at radius 1 is 1.33 bits per heavy atom. The first kappa shape index (κ1) is 12.0. The van der Waals surface area contributed by atoms with Gasteiger partial charge in [0.2, 0.25) is 0 Å². The Morgan fingerprint density at radius 2 is 2.06 bits per heavy atom. The first-order valence-corrected chi connectivity index (χ1v) is 5.66. The van der Waals surface area contributed by atoms with Crippen molar-refractivity contribution in [2.75, 3.05) is 0 Å². The summed E-state index contributed by atoms with van der Waals surface area (Å²) in [5.74, 6) is 0. The molecule has 1 heterocycles. The van der Waals surface area contributed by atoms with Crippen molar-refractivity contribution in [2.24, 2.45) is 0 Å². The predicted molar refractivity (Wildman–Crippen MR) is 64.0 cm³/mol. The van der Waals surface area contributed by atoms with Gasteiger partial charge in [-0.3, -0.25) is 10.1 Å². The summed E-state index contributed by atoms with van der Waals surface area (Å²) in [6.07, 6.45) is 3.18. The van der Waals surface area contributed by atoms with Crippen molar-refractivity contribution in [1.29, 1.82) is 5.26 Å². The van der Waals surface area contributed by atoms with E-state index in [4.69, 9.17) is 5.26 Å². The molecule has 0 saturated carbocycles. The first-order valence-electron chi connectivity index (χ1n) is 4.84. The maximum Gasteiger partial charge on any atom is 0.270 e. The molecular formula is C11H6N4O2S. The summed E-state index contributed by atoms with van der Waals surface area (Å²) in [6, 6.07) is 7.74. The summed E-state index contributed by atoms with van der Waals surface area (Å²) >= 11 is 1.19. The number of aromatic nitrogens is 2. The molecule has 18 heavy (non-hydrogen) atoms. The van der Waals surface area contributed by atoms with Gasteiger partial charge in [0.1, 0.15) is 6.07 Å². The first-order chi connectivity index (χ1) is 8.70. The van der Waals surface area contributed by atoms with Crippen LogP contribution < -0.4 is 0 Å². The van der Waals surface area contributed by atoms with Crippen molar-refractivity contribution in [1.82, 2.24) is 9.97 Å². The molecule has 0 amide bonds. The summed E-state index contributed by atoms with van der Waals surface area (Å²) in [5.41, 5.74) is 0.131. The van der Waals surface area contributed by atoms with Crippen LogP contribution in [0.1, 0.15) is 5.56 Å². The van der Waals surface area contributed by atoms with Gasteiger partial charge in [-0.1, -0.05) is 0 Å². The molecule has 0 aliphatic heterocycles. The zero-order valence-corrected chi connectivity index (χ0v) is 9.79. The molecule has 88 valence electrons. The lowest BCUT2D eigenvalue weighted by Crippen LogP contribution is -1.91. The molecule has 7 heteroatoms. The molecule has 0 fully saturated rings. The van der Waals surface area contributed by atoms with Crippen molar-refractivity contribution < 1.29 is 4.92 Å². The van der Waals surface area contributed by atoms with Gasteiger partial charge >= 0.3 is 0 Å². The maximum absolute atomic E-state index is 10.6. The van der Waals surface area contributed by atoms with Gasteiger partial charge in [-0.25, -0.2) is 9.97 Å². The molecule has 1 aromatic heterocycles. The Hall–Kier alpha value is -2.46. The van der Waals surface area contributed by atoms with Crippen LogP contribution in [0.15, 0.2) is 46.7 Å². The third-order valence-corrected chi connectivity index (χ3v) is 3.01. The van der Waals surface area contributed by atoms with Crippen molar-refractivity contribution >= 4 is 17.4 Å². The Balaban J connectivity index is 2.35. The minimum absolute atomic E-state index is 0.107. The molecule has 0 radical (unpaired) electrons. The third-order valence-electron chi connectivity index (χ3n) is 2.04. The quantitative estimate of drug-likeness (QED) is 0.476. The average molecular weight is 258 g/mol. The van der Waals surface area contributed by atoms with Gasteiger partial charge in [-0.15, -0.1) is 0 Å². The van der Waals surface area contributed by atoms with Crippen molar-refractivity contribution in [2.45, 2.75) is 10.1 Å². The van der Waals surface area contributed by atoms with Gasteiger partial charge in [0.05, 0.1) is 10.5 Å². The van der Waals surface area contributed by atoms with Crippen molar-refractivity contribution in [3.05, 3.63) is 52.3 Å². The van der Waals surface area contributed by atoms with E-state index < -0.39 is 4.92 Å². The van der Waals surface area contributed by atoms with Crippen LogP contribution in [0.5, 0.6) is 0 Å². The molecule has 0 saturated heterocycles. The minimum Gasteiger partial charge on any atom is -0.258 e. The second-order valence-electron chi connectivity index (χ2n) is 3.18. The minimum atomic E-state index is -0.533. The second-order valence-corrected chi connectivity index (χ2v) is 4.19. The van der Waals surface area contributed by atoms with Gasteiger partial charge in [0, 0.05) is 29.4 Å². The fourth-order valence-electron chi connectivity index (χ4n) is 1.24. The fourth-order valence-corrected chi connectivity index (χ4v) is 2.02. The summed E-state index contributed by atoms with van der Waals surface area (Å²) < 4.78 is 0. The normalized spacial score (nSPS) is 9.72. The van der Waals surface area contributed by atoms with E-state index in [1.807, 2.05) is 6.07 Å². The SMILES string of the molecule is N#Cc1cc([N+](=O)[O-])ccc1Sc1ncccn1. The highest BCUT2D eigenvalue weighted by molar-refractivity contribution is 7.99. The standard InChI is InChI=1S/C11H6N4O2S/c12-7-8-6-9(15(16)17)2-3-10(8)18-11-13-4-1-5-14-11/h1-6H. The van der Waals surface area contributed by atoms with Crippen molar-refractivity contribution in [3.8, 4) is 6.07 Å². The van der Waals surface area contributed by atoms with E-state index >= 15 is 0 Å². The van der Waals surface area contributed by atoms with Crippen LogP contribution in [0.25, 0.3) is 0 Å². The van der Waals surface area contributed by atoms with E-state index in [9.17, 15) is 10.1 Å².